The predicted molar refractivity (Wildman–Crippen MR) is 122 cm³/mol. The first-order chi connectivity index (χ1) is 14.5. The van der Waals surface area contributed by atoms with Gasteiger partial charge in [-0.15, -0.1) is 11.3 Å². The van der Waals surface area contributed by atoms with Gasteiger partial charge in [0.2, 0.25) is 5.91 Å². The van der Waals surface area contributed by atoms with E-state index in [-0.39, 0.29) is 23.8 Å². The summed E-state index contributed by atoms with van der Waals surface area (Å²) in [5, 5.41) is 17.2. The Balaban J connectivity index is 1.51. The molecule has 0 aliphatic heterocycles. The Morgan fingerprint density at radius 2 is 1.97 bits per heavy atom. The van der Waals surface area contributed by atoms with Crippen molar-refractivity contribution in [2.24, 2.45) is 0 Å². The first kappa shape index (κ1) is 20.1. The lowest BCUT2D eigenvalue weighted by Crippen LogP contribution is -2.16. The van der Waals surface area contributed by atoms with Crippen molar-refractivity contribution in [2.45, 2.75) is 13.3 Å². The van der Waals surface area contributed by atoms with Crippen molar-refractivity contribution < 1.29 is 9.90 Å². The lowest BCUT2D eigenvalue weighted by molar-refractivity contribution is -0.116. The number of nitrogens with zero attached hydrogens (tertiary/aromatic N) is 2. The Bertz CT molecular complexity index is 1210. The molecule has 2 aromatic carbocycles. The van der Waals surface area contributed by atoms with E-state index < -0.39 is 0 Å². The molecule has 0 atom stereocenters. The molecule has 0 aliphatic carbocycles. The number of halogens is 1. The maximum absolute atomic E-state index is 12.3. The fraction of sp³-hybridized carbons (Fsp3) is 0.136. The van der Waals surface area contributed by atoms with Gasteiger partial charge in [0.15, 0.2) is 0 Å². The third kappa shape index (κ3) is 4.22. The Morgan fingerprint density at radius 3 is 2.77 bits per heavy atom. The number of aryl methyl sites for hydroxylation is 1. The molecular formula is C22H19ClN4O2S. The maximum atomic E-state index is 12.3. The molecule has 6 nitrogen and oxygen atoms in total. The summed E-state index contributed by atoms with van der Waals surface area (Å²) in [7, 11) is 0. The maximum Gasteiger partial charge on any atom is 0.226 e. The molecule has 4 aromatic rings. The average Bonchev–Trinajstić information content (AvgIpc) is 3.08. The minimum Gasteiger partial charge on any atom is -0.506 e. The molecule has 0 bridgehead atoms. The van der Waals surface area contributed by atoms with E-state index in [0.717, 1.165) is 26.2 Å². The Kier molecular flexibility index (Phi) is 5.83. The van der Waals surface area contributed by atoms with Crippen molar-refractivity contribution in [1.82, 2.24) is 9.97 Å². The summed E-state index contributed by atoms with van der Waals surface area (Å²) in [5.41, 5.74) is 2.50. The van der Waals surface area contributed by atoms with Crippen LogP contribution in [0.1, 0.15) is 11.3 Å². The number of fused-ring (bicyclic) bond motifs is 1. The molecule has 0 unspecified atom stereocenters. The number of anilines is 2. The number of hydrogen-bond acceptors (Lipinski definition) is 6. The van der Waals surface area contributed by atoms with Gasteiger partial charge in [-0.2, -0.15) is 0 Å². The fourth-order valence-electron chi connectivity index (χ4n) is 3.25. The number of hydrogen-bond donors (Lipinski definition) is 3. The molecule has 3 N–H and O–H groups in total. The monoisotopic (exact) mass is 438 g/mol. The number of carbonyl (C=O) groups excluding carboxylic acids is 1. The van der Waals surface area contributed by atoms with E-state index in [9.17, 15) is 9.90 Å². The molecule has 2 heterocycles. The zero-order valence-electron chi connectivity index (χ0n) is 16.1. The van der Waals surface area contributed by atoms with Crippen molar-refractivity contribution in [1.29, 1.82) is 0 Å². The van der Waals surface area contributed by atoms with Crippen molar-refractivity contribution in [3.05, 3.63) is 64.8 Å². The number of thiophene rings is 1. The number of phenols is 1. The molecule has 8 heteroatoms. The quantitative estimate of drug-likeness (QED) is 0.347. The van der Waals surface area contributed by atoms with Crippen LogP contribution in [0.25, 0.3) is 21.3 Å². The normalized spacial score (nSPS) is 10.9. The molecule has 0 saturated heterocycles. The number of nitrogens with one attached hydrogen (secondary N) is 2. The van der Waals surface area contributed by atoms with Gasteiger partial charge in [0.1, 0.15) is 22.7 Å². The van der Waals surface area contributed by atoms with Gasteiger partial charge < -0.3 is 15.7 Å². The largest absolute Gasteiger partial charge is 0.506 e. The van der Waals surface area contributed by atoms with Crippen LogP contribution in [0.2, 0.25) is 5.02 Å². The first-order valence-corrected chi connectivity index (χ1v) is 10.5. The SMILES string of the molecule is Cc1sc2ncnc(NCCC(=O)Nc3cc(Cl)ccc3O)c2c1-c1ccccc1. The minimum absolute atomic E-state index is 0.0283. The van der Waals surface area contributed by atoms with Gasteiger partial charge in [0.05, 0.1) is 11.1 Å². The second kappa shape index (κ2) is 8.69. The number of aromatic hydroxyl groups is 1. The number of carbonyl (C=O) groups is 1. The first-order valence-electron chi connectivity index (χ1n) is 9.34. The van der Waals surface area contributed by atoms with E-state index in [1.807, 2.05) is 18.2 Å². The summed E-state index contributed by atoms with van der Waals surface area (Å²) in [5.74, 6) is 0.427. The molecule has 0 fully saturated rings. The van der Waals surface area contributed by atoms with Crippen LogP contribution in [0.5, 0.6) is 5.75 Å². The lowest BCUT2D eigenvalue weighted by atomic mass is 10.0. The molecule has 0 radical (unpaired) electrons. The van der Waals surface area contributed by atoms with Crippen LogP contribution in [0.3, 0.4) is 0 Å². The minimum atomic E-state index is -0.241. The average molecular weight is 439 g/mol. The van der Waals surface area contributed by atoms with Crippen LogP contribution in [0.4, 0.5) is 11.5 Å². The third-order valence-corrected chi connectivity index (χ3v) is 5.85. The number of rotatable bonds is 6. The summed E-state index contributed by atoms with van der Waals surface area (Å²) in [6.45, 7) is 2.45. The van der Waals surface area contributed by atoms with Crippen LogP contribution in [-0.4, -0.2) is 27.5 Å². The zero-order valence-corrected chi connectivity index (χ0v) is 17.7. The van der Waals surface area contributed by atoms with E-state index in [1.165, 1.54) is 18.5 Å². The topological polar surface area (TPSA) is 87.1 Å². The van der Waals surface area contributed by atoms with Crippen LogP contribution < -0.4 is 10.6 Å². The Hall–Kier alpha value is -3.16. The van der Waals surface area contributed by atoms with E-state index >= 15 is 0 Å². The van der Waals surface area contributed by atoms with Gasteiger partial charge in [-0.25, -0.2) is 9.97 Å². The zero-order chi connectivity index (χ0) is 21.1. The second-order valence-corrected chi connectivity index (χ2v) is 8.33. The summed E-state index contributed by atoms with van der Waals surface area (Å²) in [6.07, 6.45) is 1.72. The van der Waals surface area contributed by atoms with Crippen molar-refractivity contribution in [2.75, 3.05) is 17.2 Å². The van der Waals surface area contributed by atoms with E-state index in [4.69, 9.17) is 11.6 Å². The van der Waals surface area contributed by atoms with Crippen LogP contribution in [0.15, 0.2) is 54.9 Å². The summed E-state index contributed by atoms with van der Waals surface area (Å²) in [6, 6.07) is 14.6. The van der Waals surface area contributed by atoms with E-state index in [1.54, 1.807) is 17.4 Å². The highest BCUT2D eigenvalue weighted by Gasteiger charge is 2.16. The number of amides is 1. The summed E-state index contributed by atoms with van der Waals surface area (Å²) >= 11 is 7.54. The molecule has 0 aliphatic rings. The smallest absolute Gasteiger partial charge is 0.226 e. The molecule has 2 aromatic heterocycles. The van der Waals surface area contributed by atoms with Crippen LogP contribution >= 0.6 is 22.9 Å². The van der Waals surface area contributed by atoms with Gasteiger partial charge in [-0.3, -0.25) is 4.79 Å². The van der Waals surface area contributed by atoms with Gasteiger partial charge in [-0.1, -0.05) is 41.9 Å². The standard InChI is InChI=1S/C22H19ClN4O2S/c1-13-19(14-5-3-2-4-6-14)20-21(25-12-26-22(20)30-13)24-10-9-18(29)27-16-11-15(23)7-8-17(16)28/h2-8,11-12,28H,9-10H2,1H3,(H,27,29)(H,24,25,26). The molecule has 0 spiro atoms. The van der Waals surface area contributed by atoms with Gasteiger partial charge >= 0.3 is 0 Å². The summed E-state index contributed by atoms with van der Waals surface area (Å²) < 4.78 is 0. The van der Waals surface area contributed by atoms with Crippen molar-refractivity contribution in [3.63, 3.8) is 0 Å². The lowest BCUT2D eigenvalue weighted by Gasteiger charge is -2.10. The van der Waals surface area contributed by atoms with Gasteiger partial charge in [-0.05, 0) is 30.7 Å². The fourth-order valence-corrected chi connectivity index (χ4v) is 4.43. The summed E-state index contributed by atoms with van der Waals surface area (Å²) in [4.78, 5) is 23.2. The number of aromatic nitrogens is 2. The van der Waals surface area contributed by atoms with Gasteiger partial charge in [0, 0.05) is 28.4 Å². The highest BCUT2D eigenvalue weighted by molar-refractivity contribution is 7.19. The van der Waals surface area contributed by atoms with Crippen LogP contribution in [-0.2, 0) is 4.79 Å². The van der Waals surface area contributed by atoms with Crippen molar-refractivity contribution >= 4 is 50.6 Å². The predicted octanol–water partition coefficient (Wildman–Crippen LogP) is 5.47. The number of phenolic OH excluding ortho intramolecular Hbond substituents is 1. The molecule has 0 saturated carbocycles. The highest BCUT2D eigenvalue weighted by Crippen LogP contribution is 2.40. The molecule has 152 valence electrons. The molecule has 30 heavy (non-hydrogen) atoms. The third-order valence-electron chi connectivity index (χ3n) is 4.60. The Morgan fingerprint density at radius 1 is 1.17 bits per heavy atom. The van der Waals surface area contributed by atoms with Crippen LogP contribution in [0, 0.1) is 6.92 Å². The molecule has 4 rings (SSSR count). The van der Waals surface area contributed by atoms with E-state index in [2.05, 4.69) is 39.7 Å². The highest BCUT2D eigenvalue weighted by atomic mass is 35.5. The Labute approximate surface area is 182 Å². The van der Waals surface area contributed by atoms with Gasteiger partial charge in [0.25, 0.3) is 0 Å². The van der Waals surface area contributed by atoms with Crippen molar-refractivity contribution in [3.8, 4) is 16.9 Å². The second-order valence-electron chi connectivity index (χ2n) is 6.69. The molecule has 1 amide bonds. The number of benzene rings is 2. The van der Waals surface area contributed by atoms with E-state index in [0.29, 0.717) is 17.4 Å². The molecular weight excluding hydrogens is 420 g/mol.